The summed E-state index contributed by atoms with van der Waals surface area (Å²) in [4.78, 5) is 11.5. The molecule has 0 aromatic carbocycles. The summed E-state index contributed by atoms with van der Waals surface area (Å²) in [5, 5.41) is 35.4. The summed E-state index contributed by atoms with van der Waals surface area (Å²) >= 11 is 0. The number of nitrogens with one attached hydrogen (secondary N) is 1. The molecule has 6 heteroatoms. The molecule has 0 radical (unpaired) electrons. The minimum atomic E-state index is -1.70. The van der Waals surface area contributed by atoms with Crippen LogP contribution in [-0.2, 0) is 10.5 Å². The molecule has 0 fully saturated rings. The summed E-state index contributed by atoms with van der Waals surface area (Å²) in [6.45, 7) is 3.31. The zero-order valence-electron chi connectivity index (χ0n) is 11.0. The quantitative estimate of drug-likeness (QED) is 0.592. The molecule has 19 heavy (non-hydrogen) atoms. The van der Waals surface area contributed by atoms with Gasteiger partial charge in [-0.05, 0) is 12.5 Å². The summed E-state index contributed by atoms with van der Waals surface area (Å²) in [6.07, 6.45) is 0.351. The molecule has 104 valence electrons. The van der Waals surface area contributed by atoms with Crippen LogP contribution >= 0.6 is 0 Å². The molecule has 1 aliphatic heterocycles. The molecule has 0 spiro atoms. The molecule has 1 aromatic rings. The van der Waals surface area contributed by atoms with E-state index in [2.05, 4.69) is 5.32 Å². The van der Waals surface area contributed by atoms with E-state index in [4.69, 9.17) is 0 Å². The van der Waals surface area contributed by atoms with Gasteiger partial charge in [0.2, 0.25) is 5.72 Å². The van der Waals surface area contributed by atoms with Gasteiger partial charge in [0.05, 0.1) is 12.2 Å². The molecule has 0 amide bonds. The van der Waals surface area contributed by atoms with Gasteiger partial charge in [0.25, 0.3) is 5.82 Å². The Morgan fingerprint density at radius 1 is 1.47 bits per heavy atom. The maximum atomic E-state index is 11.5. The number of rotatable bonds is 3. The van der Waals surface area contributed by atoms with Crippen LogP contribution in [0.3, 0.4) is 0 Å². The Balaban J connectivity index is 2.67. The van der Waals surface area contributed by atoms with Crippen LogP contribution in [0.15, 0.2) is 24.4 Å². The molecular weight excluding hydrogens is 248 g/mol. The fraction of sp³-hybridized carbons (Fsp3) is 0.538. The number of aliphatic carboxylic acids is 1. The van der Waals surface area contributed by atoms with Crippen LogP contribution in [0.5, 0.6) is 0 Å². The lowest BCUT2D eigenvalue weighted by atomic mass is 9.79. The van der Waals surface area contributed by atoms with E-state index >= 15 is 0 Å². The van der Waals surface area contributed by atoms with E-state index < -0.39 is 23.3 Å². The minimum Gasteiger partial charge on any atom is -0.545 e. The third-order valence-electron chi connectivity index (χ3n) is 3.98. The second kappa shape index (κ2) is 4.47. The molecule has 6 nitrogen and oxygen atoms in total. The van der Waals surface area contributed by atoms with E-state index in [1.165, 1.54) is 4.57 Å². The molecule has 3 unspecified atom stereocenters. The summed E-state index contributed by atoms with van der Waals surface area (Å²) in [5.74, 6) is -0.993. The number of aromatic nitrogens is 1. The first kappa shape index (κ1) is 13.8. The van der Waals surface area contributed by atoms with Gasteiger partial charge in [0.15, 0.2) is 11.6 Å². The normalized spacial score (nSPS) is 33.4. The average molecular weight is 266 g/mol. The second-order valence-corrected chi connectivity index (χ2v) is 4.83. The van der Waals surface area contributed by atoms with Gasteiger partial charge in [0, 0.05) is 12.5 Å². The monoisotopic (exact) mass is 266 g/mol. The van der Waals surface area contributed by atoms with Gasteiger partial charge in [-0.15, -0.1) is 0 Å². The lowest BCUT2D eigenvalue weighted by molar-refractivity contribution is -0.811. The summed E-state index contributed by atoms with van der Waals surface area (Å²) in [5.41, 5.74) is -3.38. The lowest BCUT2D eigenvalue weighted by Crippen LogP contribution is -2.78. The predicted octanol–water partition coefficient (Wildman–Crippen LogP) is -1.29. The molecule has 0 saturated carbocycles. The third-order valence-corrected chi connectivity index (χ3v) is 3.98. The molecule has 2 rings (SSSR count). The van der Waals surface area contributed by atoms with E-state index in [0.29, 0.717) is 5.82 Å². The Kier molecular flexibility index (Phi) is 3.24. The Hall–Kier alpha value is -1.66. The SMILES string of the molecule is CCC1(C(=O)[O-])Nc2cccc[n+]2C(O)(CC)C1O. The Morgan fingerprint density at radius 2 is 2.16 bits per heavy atom. The summed E-state index contributed by atoms with van der Waals surface area (Å²) in [7, 11) is 0. The van der Waals surface area contributed by atoms with Crippen molar-refractivity contribution in [2.75, 3.05) is 5.32 Å². The number of anilines is 1. The number of carbonyl (C=O) groups is 1. The van der Waals surface area contributed by atoms with E-state index in [1.807, 2.05) is 0 Å². The molecule has 0 bridgehead atoms. The Labute approximate surface area is 111 Å². The zero-order chi connectivity index (χ0) is 14.3. The van der Waals surface area contributed by atoms with Crippen molar-refractivity contribution in [2.45, 2.75) is 44.1 Å². The number of nitrogens with zero attached hydrogens (tertiary/aromatic N) is 1. The van der Waals surface area contributed by atoms with E-state index in [0.717, 1.165) is 0 Å². The van der Waals surface area contributed by atoms with Crippen molar-refractivity contribution in [1.82, 2.24) is 0 Å². The maximum absolute atomic E-state index is 11.5. The maximum Gasteiger partial charge on any atom is 0.277 e. The molecule has 2 heterocycles. The van der Waals surface area contributed by atoms with E-state index in [9.17, 15) is 20.1 Å². The summed E-state index contributed by atoms with van der Waals surface area (Å²) < 4.78 is 1.45. The van der Waals surface area contributed by atoms with Gasteiger partial charge in [-0.1, -0.05) is 19.9 Å². The largest absolute Gasteiger partial charge is 0.545 e. The fourth-order valence-corrected chi connectivity index (χ4v) is 2.66. The number of hydrogen-bond donors (Lipinski definition) is 3. The second-order valence-electron chi connectivity index (χ2n) is 4.83. The molecule has 0 aliphatic carbocycles. The van der Waals surface area contributed by atoms with E-state index in [1.54, 1.807) is 38.2 Å². The van der Waals surface area contributed by atoms with Crippen molar-refractivity contribution in [3.8, 4) is 0 Å². The van der Waals surface area contributed by atoms with Gasteiger partial charge in [-0.2, -0.15) is 0 Å². The van der Waals surface area contributed by atoms with Crippen molar-refractivity contribution < 1.29 is 24.7 Å². The van der Waals surface area contributed by atoms with E-state index in [-0.39, 0.29) is 12.8 Å². The number of aliphatic hydroxyl groups is 2. The molecular formula is C13H18N2O4. The standard InChI is InChI=1S/C13H18N2O4/c1-3-12(11(17)18)10(16)13(19,4-2)15-8-6-5-7-9(15)14-12/h5-8,10,16,19H,3-4H2,1-2H3,(H,17,18). The first-order chi connectivity index (χ1) is 8.92. The van der Waals surface area contributed by atoms with Gasteiger partial charge in [-0.25, -0.2) is 4.57 Å². The topological polar surface area (TPSA) is 96.5 Å². The summed E-state index contributed by atoms with van der Waals surface area (Å²) in [6, 6.07) is 5.08. The van der Waals surface area contributed by atoms with Crippen LogP contribution in [-0.4, -0.2) is 27.8 Å². The predicted molar refractivity (Wildman–Crippen MR) is 64.8 cm³/mol. The highest BCUT2D eigenvalue weighted by Gasteiger charge is 2.60. The van der Waals surface area contributed by atoms with Gasteiger partial charge >= 0.3 is 0 Å². The number of carboxylic acids is 1. The number of fused-ring (bicyclic) bond motifs is 1. The van der Waals surface area contributed by atoms with Crippen molar-refractivity contribution >= 4 is 11.8 Å². The molecule has 1 aromatic heterocycles. The molecule has 0 saturated heterocycles. The molecule has 1 aliphatic rings. The molecule has 3 N–H and O–H groups in total. The first-order valence-electron chi connectivity index (χ1n) is 6.33. The van der Waals surface area contributed by atoms with Crippen molar-refractivity contribution in [3.05, 3.63) is 24.4 Å². The highest BCUT2D eigenvalue weighted by molar-refractivity contribution is 5.81. The van der Waals surface area contributed by atoms with Crippen LogP contribution in [0.4, 0.5) is 5.82 Å². The number of aliphatic hydroxyl groups excluding tert-OH is 1. The first-order valence-corrected chi connectivity index (χ1v) is 6.33. The van der Waals surface area contributed by atoms with Crippen LogP contribution in [0.2, 0.25) is 0 Å². The van der Waals surface area contributed by atoms with Crippen LogP contribution < -0.4 is 15.0 Å². The zero-order valence-corrected chi connectivity index (χ0v) is 11.0. The van der Waals surface area contributed by atoms with Crippen molar-refractivity contribution in [1.29, 1.82) is 0 Å². The highest BCUT2D eigenvalue weighted by Crippen LogP contribution is 2.34. The average Bonchev–Trinajstić information content (AvgIpc) is 2.42. The fourth-order valence-electron chi connectivity index (χ4n) is 2.66. The van der Waals surface area contributed by atoms with Crippen LogP contribution in [0.1, 0.15) is 26.7 Å². The highest BCUT2D eigenvalue weighted by atomic mass is 16.4. The van der Waals surface area contributed by atoms with Gasteiger partial charge in [0.1, 0.15) is 0 Å². The van der Waals surface area contributed by atoms with Gasteiger partial charge < -0.3 is 20.1 Å². The number of carbonyl (C=O) groups excluding carboxylic acids is 1. The Morgan fingerprint density at radius 3 is 2.68 bits per heavy atom. The van der Waals surface area contributed by atoms with Crippen LogP contribution in [0.25, 0.3) is 0 Å². The van der Waals surface area contributed by atoms with Crippen LogP contribution in [0, 0.1) is 0 Å². The smallest absolute Gasteiger partial charge is 0.277 e. The number of carboxylic acid groups (broad SMARTS) is 1. The Bertz CT molecular complexity index is 507. The van der Waals surface area contributed by atoms with Crippen molar-refractivity contribution in [3.63, 3.8) is 0 Å². The third kappa shape index (κ3) is 1.71. The number of pyridine rings is 1. The van der Waals surface area contributed by atoms with Crippen molar-refractivity contribution in [2.24, 2.45) is 0 Å². The number of hydrogen-bond acceptors (Lipinski definition) is 5. The lowest BCUT2D eigenvalue weighted by Gasteiger charge is -2.46. The minimum absolute atomic E-state index is 0.0910. The molecule has 3 atom stereocenters. The van der Waals surface area contributed by atoms with Gasteiger partial charge in [-0.3, -0.25) is 5.32 Å².